The highest BCUT2D eigenvalue weighted by Crippen LogP contribution is 2.12. The van der Waals surface area contributed by atoms with Crippen LogP contribution < -0.4 is 0 Å². The minimum Gasteiger partial charge on any atom is -0.464 e. The quantitative estimate of drug-likeness (QED) is 0.603. The second-order valence-electron chi connectivity index (χ2n) is 2.09. The van der Waals surface area contributed by atoms with E-state index < -0.39 is 0 Å². The Morgan fingerprint density at radius 2 is 2.27 bits per heavy atom. The molecular formula is C7H8ClNO2. The largest absolute Gasteiger partial charge is 0.464 e. The first kappa shape index (κ1) is 8.14. The fourth-order valence-electron chi connectivity index (χ4n) is 0.796. The van der Waals surface area contributed by atoms with E-state index in [0.29, 0.717) is 10.8 Å². The smallest absolute Gasteiger partial charge is 0.354 e. The molecule has 0 atom stereocenters. The van der Waals surface area contributed by atoms with Crippen LogP contribution in [0.3, 0.4) is 0 Å². The lowest BCUT2D eigenvalue weighted by molar-refractivity contribution is 0.0590. The standard InChI is InChI=1S/C7H8ClNO2/c1-9-5(7(10)11-2)3-4-6(9)8/h3-4H,1-2H3. The van der Waals surface area contributed by atoms with Gasteiger partial charge in [-0.15, -0.1) is 0 Å². The lowest BCUT2D eigenvalue weighted by atomic mass is 10.4. The number of hydrogen-bond acceptors (Lipinski definition) is 2. The van der Waals surface area contributed by atoms with Gasteiger partial charge in [0.1, 0.15) is 10.8 Å². The fraction of sp³-hybridized carbons (Fsp3) is 0.286. The minimum absolute atomic E-state index is 0.376. The molecule has 0 unspecified atom stereocenters. The first-order valence-electron chi connectivity index (χ1n) is 3.06. The maximum Gasteiger partial charge on any atom is 0.354 e. The number of ether oxygens (including phenoxy) is 1. The second kappa shape index (κ2) is 2.96. The third-order valence-electron chi connectivity index (χ3n) is 1.46. The average molecular weight is 174 g/mol. The Morgan fingerprint density at radius 1 is 1.64 bits per heavy atom. The normalized spacial score (nSPS) is 9.73. The molecule has 1 aromatic heterocycles. The summed E-state index contributed by atoms with van der Waals surface area (Å²) in [6.45, 7) is 0. The van der Waals surface area contributed by atoms with Crippen molar-refractivity contribution in [3.05, 3.63) is 23.0 Å². The minimum atomic E-state index is -0.376. The Kier molecular flexibility index (Phi) is 2.19. The van der Waals surface area contributed by atoms with Crippen LogP contribution in [-0.4, -0.2) is 17.6 Å². The Bertz CT molecular complexity index is 280. The highest BCUT2D eigenvalue weighted by molar-refractivity contribution is 6.30. The summed E-state index contributed by atoms with van der Waals surface area (Å²) in [5.74, 6) is -0.376. The summed E-state index contributed by atoms with van der Waals surface area (Å²) in [4.78, 5) is 10.9. The highest BCUT2D eigenvalue weighted by Gasteiger charge is 2.10. The molecule has 0 saturated carbocycles. The molecule has 3 nitrogen and oxygen atoms in total. The number of rotatable bonds is 1. The number of halogens is 1. The second-order valence-corrected chi connectivity index (χ2v) is 2.48. The molecule has 0 saturated heterocycles. The van der Waals surface area contributed by atoms with Crippen LogP contribution in [0.15, 0.2) is 12.1 Å². The molecule has 0 aliphatic rings. The number of carbonyl (C=O) groups excluding carboxylic acids is 1. The van der Waals surface area contributed by atoms with E-state index in [9.17, 15) is 4.79 Å². The molecule has 1 aromatic rings. The van der Waals surface area contributed by atoms with Gasteiger partial charge in [0.25, 0.3) is 0 Å². The zero-order valence-corrected chi connectivity index (χ0v) is 7.05. The lowest BCUT2D eigenvalue weighted by Crippen LogP contribution is -2.07. The van der Waals surface area contributed by atoms with Gasteiger partial charge in [0.15, 0.2) is 0 Å². The van der Waals surface area contributed by atoms with Crippen molar-refractivity contribution in [1.29, 1.82) is 0 Å². The predicted molar refractivity (Wildman–Crippen MR) is 41.8 cm³/mol. The van der Waals surface area contributed by atoms with Gasteiger partial charge in [0, 0.05) is 7.05 Å². The summed E-state index contributed by atoms with van der Waals surface area (Å²) in [5.41, 5.74) is 0.456. The van der Waals surface area contributed by atoms with Crippen molar-refractivity contribution in [2.75, 3.05) is 7.11 Å². The molecule has 4 heteroatoms. The van der Waals surface area contributed by atoms with E-state index in [4.69, 9.17) is 11.6 Å². The summed E-state index contributed by atoms with van der Waals surface area (Å²) in [5, 5.41) is 0.519. The van der Waals surface area contributed by atoms with E-state index in [-0.39, 0.29) is 5.97 Å². The number of carbonyl (C=O) groups is 1. The number of aromatic nitrogens is 1. The molecule has 0 fully saturated rings. The molecular weight excluding hydrogens is 166 g/mol. The summed E-state index contributed by atoms with van der Waals surface area (Å²) in [7, 11) is 3.04. The van der Waals surface area contributed by atoms with Gasteiger partial charge >= 0.3 is 5.97 Å². The van der Waals surface area contributed by atoms with Crippen LogP contribution in [0.4, 0.5) is 0 Å². The number of esters is 1. The molecule has 60 valence electrons. The van der Waals surface area contributed by atoms with Crippen LogP contribution in [0.1, 0.15) is 10.5 Å². The van der Waals surface area contributed by atoms with E-state index >= 15 is 0 Å². The van der Waals surface area contributed by atoms with Gasteiger partial charge in [-0.3, -0.25) is 0 Å². The van der Waals surface area contributed by atoms with Gasteiger partial charge in [-0.1, -0.05) is 11.6 Å². The molecule has 11 heavy (non-hydrogen) atoms. The molecule has 0 spiro atoms. The van der Waals surface area contributed by atoms with Crippen LogP contribution in [-0.2, 0) is 11.8 Å². The Labute approximate surface area is 69.5 Å². The summed E-state index contributed by atoms with van der Waals surface area (Å²) < 4.78 is 6.07. The molecule has 1 rings (SSSR count). The SMILES string of the molecule is COC(=O)c1ccc(Cl)n1C. The zero-order valence-electron chi connectivity index (χ0n) is 6.30. The van der Waals surface area contributed by atoms with Gasteiger partial charge in [0.2, 0.25) is 0 Å². The van der Waals surface area contributed by atoms with Crippen molar-refractivity contribution in [3.8, 4) is 0 Å². The number of methoxy groups -OCH3 is 1. The van der Waals surface area contributed by atoms with Crippen LogP contribution >= 0.6 is 11.6 Å². The lowest BCUT2D eigenvalue weighted by Gasteiger charge is -2.00. The van der Waals surface area contributed by atoms with Gasteiger partial charge in [-0.05, 0) is 12.1 Å². The van der Waals surface area contributed by atoms with E-state index in [1.54, 1.807) is 23.7 Å². The molecule has 0 aromatic carbocycles. The molecule has 1 heterocycles. The number of hydrogen-bond donors (Lipinski definition) is 0. The topological polar surface area (TPSA) is 31.2 Å². The average Bonchev–Trinajstić information content (AvgIpc) is 2.32. The third-order valence-corrected chi connectivity index (χ3v) is 1.83. The maximum atomic E-state index is 10.9. The maximum absolute atomic E-state index is 10.9. The van der Waals surface area contributed by atoms with Gasteiger partial charge in [-0.25, -0.2) is 4.79 Å². The summed E-state index contributed by atoms with van der Waals surface area (Å²) >= 11 is 5.69. The van der Waals surface area contributed by atoms with Crippen molar-refractivity contribution in [2.45, 2.75) is 0 Å². The van der Waals surface area contributed by atoms with Crippen molar-refractivity contribution >= 4 is 17.6 Å². The highest BCUT2D eigenvalue weighted by atomic mass is 35.5. The van der Waals surface area contributed by atoms with E-state index in [1.807, 2.05) is 0 Å². The Hall–Kier alpha value is -0.960. The number of nitrogens with zero attached hydrogens (tertiary/aromatic N) is 1. The predicted octanol–water partition coefficient (Wildman–Crippen LogP) is 1.47. The summed E-state index contributed by atoms with van der Waals surface area (Å²) in [6.07, 6.45) is 0. The van der Waals surface area contributed by atoms with Crippen molar-refractivity contribution in [3.63, 3.8) is 0 Å². The van der Waals surface area contributed by atoms with Crippen LogP contribution in [0.5, 0.6) is 0 Å². The van der Waals surface area contributed by atoms with Crippen LogP contribution in [0.25, 0.3) is 0 Å². The monoisotopic (exact) mass is 173 g/mol. The van der Waals surface area contributed by atoms with E-state index in [2.05, 4.69) is 4.74 Å². The Balaban J connectivity index is 3.04. The van der Waals surface area contributed by atoms with Crippen LogP contribution in [0.2, 0.25) is 5.15 Å². The zero-order chi connectivity index (χ0) is 8.43. The molecule has 0 aliphatic heterocycles. The fourth-order valence-corrected chi connectivity index (χ4v) is 0.950. The first-order valence-corrected chi connectivity index (χ1v) is 3.44. The van der Waals surface area contributed by atoms with Gasteiger partial charge in [0.05, 0.1) is 7.11 Å². The van der Waals surface area contributed by atoms with Crippen molar-refractivity contribution in [1.82, 2.24) is 4.57 Å². The Morgan fingerprint density at radius 3 is 2.64 bits per heavy atom. The van der Waals surface area contributed by atoms with Crippen LogP contribution in [0, 0.1) is 0 Å². The molecule has 0 N–H and O–H groups in total. The molecule has 0 aliphatic carbocycles. The molecule has 0 bridgehead atoms. The van der Waals surface area contributed by atoms with E-state index in [1.165, 1.54) is 7.11 Å². The third kappa shape index (κ3) is 1.38. The van der Waals surface area contributed by atoms with Gasteiger partial charge < -0.3 is 9.30 Å². The van der Waals surface area contributed by atoms with Crippen molar-refractivity contribution < 1.29 is 9.53 Å². The molecule has 0 amide bonds. The summed E-state index contributed by atoms with van der Waals surface area (Å²) in [6, 6.07) is 3.27. The van der Waals surface area contributed by atoms with E-state index in [0.717, 1.165) is 0 Å². The van der Waals surface area contributed by atoms with Gasteiger partial charge in [-0.2, -0.15) is 0 Å². The van der Waals surface area contributed by atoms with Crippen molar-refractivity contribution in [2.24, 2.45) is 7.05 Å². The first-order chi connectivity index (χ1) is 5.16. The molecule has 0 radical (unpaired) electrons.